The number of ether oxygens (including phenoxy) is 1. The van der Waals surface area contributed by atoms with E-state index in [9.17, 15) is 0 Å². The van der Waals surface area contributed by atoms with Gasteiger partial charge < -0.3 is 15.0 Å². The molecule has 7 heteroatoms. The predicted octanol–water partition coefficient (Wildman–Crippen LogP) is 1.33. The van der Waals surface area contributed by atoms with Crippen molar-refractivity contribution in [2.24, 2.45) is 0 Å². The van der Waals surface area contributed by atoms with Crippen molar-refractivity contribution in [1.82, 2.24) is 20.2 Å². The van der Waals surface area contributed by atoms with Crippen LogP contribution in [0.3, 0.4) is 0 Å². The van der Waals surface area contributed by atoms with Crippen LogP contribution in [0.15, 0.2) is 12.3 Å². The number of methoxy groups -OCH3 is 1. The summed E-state index contributed by atoms with van der Waals surface area (Å²) in [5, 5.41) is 10.3. The summed E-state index contributed by atoms with van der Waals surface area (Å²) in [5.74, 6) is 1.51. The number of H-pyrrole nitrogens is 1. The normalized spacial score (nSPS) is 10.6. The number of aryl methyl sites for hydroxylation is 1. The van der Waals surface area contributed by atoms with Gasteiger partial charge in [0.15, 0.2) is 0 Å². The molecular formula is C13H20N6O. The zero-order valence-electron chi connectivity index (χ0n) is 12.3. The van der Waals surface area contributed by atoms with Crippen molar-refractivity contribution >= 4 is 11.8 Å². The molecule has 0 aliphatic carbocycles. The Labute approximate surface area is 118 Å². The molecule has 0 amide bonds. The molecule has 2 aromatic heterocycles. The summed E-state index contributed by atoms with van der Waals surface area (Å²) in [5.41, 5.74) is 2.89. The third kappa shape index (κ3) is 3.45. The average molecular weight is 276 g/mol. The lowest BCUT2D eigenvalue weighted by Gasteiger charge is -2.14. The summed E-state index contributed by atoms with van der Waals surface area (Å²) in [7, 11) is 5.57. The Hall–Kier alpha value is -2.15. The maximum absolute atomic E-state index is 5.03. The number of hydrogen-bond donors (Lipinski definition) is 2. The Balaban J connectivity index is 2.01. The van der Waals surface area contributed by atoms with Gasteiger partial charge in [-0.3, -0.25) is 5.10 Å². The fourth-order valence-corrected chi connectivity index (χ4v) is 1.87. The lowest BCUT2D eigenvalue weighted by atomic mass is 10.3. The van der Waals surface area contributed by atoms with E-state index in [4.69, 9.17) is 4.74 Å². The first-order valence-corrected chi connectivity index (χ1v) is 6.37. The van der Waals surface area contributed by atoms with E-state index in [1.807, 2.05) is 38.2 Å². The first-order valence-electron chi connectivity index (χ1n) is 6.37. The third-order valence-electron chi connectivity index (χ3n) is 2.78. The van der Waals surface area contributed by atoms with Crippen LogP contribution in [-0.2, 0) is 17.9 Å². The van der Waals surface area contributed by atoms with E-state index in [0.29, 0.717) is 19.1 Å². The van der Waals surface area contributed by atoms with Crippen LogP contribution in [0.1, 0.15) is 17.0 Å². The molecule has 0 saturated heterocycles. The first-order chi connectivity index (χ1) is 9.60. The molecule has 2 N–H and O–H groups in total. The molecule has 0 unspecified atom stereocenters. The summed E-state index contributed by atoms with van der Waals surface area (Å²) in [6.07, 6.45) is 1.81. The van der Waals surface area contributed by atoms with E-state index in [2.05, 4.69) is 25.5 Å². The Kier molecular flexibility index (Phi) is 4.52. The molecule has 7 nitrogen and oxygen atoms in total. The molecule has 20 heavy (non-hydrogen) atoms. The van der Waals surface area contributed by atoms with Gasteiger partial charge in [0.05, 0.1) is 24.5 Å². The van der Waals surface area contributed by atoms with E-state index < -0.39 is 0 Å². The van der Waals surface area contributed by atoms with Gasteiger partial charge in [-0.15, -0.1) is 0 Å². The molecule has 0 aliphatic heterocycles. The summed E-state index contributed by atoms with van der Waals surface area (Å²) >= 11 is 0. The van der Waals surface area contributed by atoms with E-state index >= 15 is 0 Å². The lowest BCUT2D eigenvalue weighted by molar-refractivity contribution is 0.181. The summed E-state index contributed by atoms with van der Waals surface area (Å²) < 4.78 is 5.03. The van der Waals surface area contributed by atoms with Crippen molar-refractivity contribution in [3.8, 4) is 0 Å². The molecule has 2 aromatic rings. The maximum atomic E-state index is 5.03. The molecule has 0 spiro atoms. The number of nitrogens with zero attached hydrogens (tertiary/aromatic N) is 4. The van der Waals surface area contributed by atoms with Gasteiger partial charge in [0, 0.05) is 33.0 Å². The number of rotatable bonds is 6. The van der Waals surface area contributed by atoms with Gasteiger partial charge in [-0.05, 0) is 13.0 Å². The lowest BCUT2D eigenvalue weighted by Crippen LogP contribution is -2.14. The molecule has 0 aromatic carbocycles. The highest BCUT2D eigenvalue weighted by atomic mass is 16.5. The average Bonchev–Trinajstić information content (AvgIpc) is 2.86. The number of anilines is 2. The van der Waals surface area contributed by atoms with Gasteiger partial charge in [-0.1, -0.05) is 0 Å². The van der Waals surface area contributed by atoms with Crippen LogP contribution in [0.25, 0.3) is 0 Å². The highest BCUT2D eigenvalue weighted by Gasteiger charge is 2.06. The minimum atomic E-state index is 0.502. The fourth-order valence-electron chi connectivity index (χ4n) is 1.87. The highest BCUT2D eigenvalue weighted by Crippen LogP contribution is 2.15. The molecule has 0 radical (unpaired) electrons. The Morgan fingerprint density at radius 3 is 2.90 bits per heavy atom. The van der Waals surface area contributed by atoms with Gasteiger partial charge in [-0.25, -0.2) is 4.98 Å². The van der Waals surface area contributed by atoms with E-state index in [1.54, 1.807) is 7.11 Å². The van der Waals surface area contributed by atoms with Crippen LogP contribution >= 0.6 is 0 Å². The Morgan fingerprint density at radius 1 is 1.40 bits per heavy atom. The van der Waals surface area contributed by atoms with Crippen LogP contribution < -0.4 is 10.2 Å². The summed E-state index contributed by atoms with van der Waals surface area (Å²) in [6, 6.07) is 1.96. The van der Waals surface area contributed by atoms with Crippen molar-refractivity contribution in [1.29, 1.82) is 0 Å². The van der Waals surface area contributed by atoms with Crippen LogP contribution in [0.2, 0.25) is 0 Å². The number of nitrogens with one attached hydrogen (secondary N) is 2. The Bertz CT molecular complexity index is 566. The van der Waals surface area contributed by atoms with Crippen LogP contribution in [0.4, 0.5) is 11.8 Å². The molecule has 0 fully saturated rings. The summed E-state index contributed by atoms with van der Waals surface area (Å²) in [6.45, 7) is 3.08. The van der Waals surface area contributed by atoms with Gasteiger partial charge in [0.2, 0.25) is 5.95 Å². The number of aromatic amines is 1. The second-order valence-corrected chi connectivity index (χ2v) is 4.77. The largest absolute Gasteiger partial charge is 0.378 e. The zero-order valence-corrected chi connectivity index (χ0v) is 12.3. The number of hydrogen-bond acceptors (Lipinski definition) is 6. The molecular weight excluding hydrogens is 256 g/mol. The minimum absolute atomic E-state index is 0.502. The standard InChI is InChI=1S/C13H20N6O/c1-9-6-14-13(16-12(9)19(2)3)15-7-10-5-11(8-20-4)18-17-10/h5-6H,7-8H2,1-4H3,(H,17,18)(H,14,15,16). The second-order valence-electron chi connectivity index (χ2n) is 4.77. The van der Waals surface area contributed by atoms with Crippen LogP contribution in [0.5, 0.6) is 0 Å². The zero-order chi connectivity index (χ0) is 14.5. The molecule has 0 saturated carbocycles. The quantitative estimate of drug-likeness (QED) is 0.828. The van der Waals surface area contributed by atoms with Crippen LogP contribution in [-0.4, -0.2) is 41.4 Å². The highest BCUT2D eigenvalue weighted by molar-refractivity contribution is 5.47. The van der Waals surface area contributed by atoms with Crippen molar-refractivity contribution in [3.63, 3.8) is 0 Å². The fraction of sp³-hybridized carbons (Fsp3) is 0.462. The Morgan fingerprint density at radius 2 is 2.20 bits per heavy atom. The van der Waals surface area contributed by atoms with Gasteiger partial charge in [-0.2, -0.15) is 10.1 Å². The molecule has 0 aliphatic rings. The molecule has 0 bridgehead atoms. The minimum Gasteiger partial charge on any atom is -0.378 e. The van der Waals surface area contributed by atoms with E-state index in [0.717, 1.165) is 22.8 Å². The van der Waals surface area contributed by atoms with E-state index in [-0.39, 0.29) is 0 Å². The SMILES string of the molecule is COCc1cc(CNc2ncc(C)c(N(C)C)n2)[nH]n1. The second kappa shape index (κ2) is 6.33. The van der Waals surface area contributed by atoms with Gasteiger partial charge >= 0.3 is 0 Å². The number of aromatic nitrogens is 4. The first kappa shape index (κ1) is 14.3. The van der Waals surface area contributed by atoms with Crippen molar-refractivity contribution < 1.29 is 4.74 Å². The van der Waals surface area contributed by atoms with Gasteiger partial charge in [0.1, 0.15) is 5.82 Å². The third-order valence-corrected chi connectivity index (χ3v) is 2.78. The smallest absolute Gasteiger partial charge is 0.224 e. The van der Waals surface area contributed by atoms with E-state index in [1.165, 1.54) is 0 Å². The molecule has 2 rings (SSSR count). The van der Waals surface area contributed by atoms with Gasteiger partial charge in [0.25, 0.3) is 0 Å². The van der Waals surface area contributed by atoms with Crippen molar-refractivity contribution in [3.05, 3.63) is 29.2 Å². The molecule has 108 valence electrons. The predicted molar refractivity (Wildman–Crippen MR) is 77.7 cm³/mol. The van der Waals surface area contributed by atoms with Crippen molar-refractivity contribution in [2.45, 2.75) is 20.1 Å². The maximum Gasteiger partial charge on any atom is 0.224 e. The van der Waals surface area contributed by atoms with Crippen molar-refractivity contribution in [2.75, 3.05) is 31.4 Å². The monoisotopic (exact) mass is 276 g/mol. The topological polar surface area (TPSA) is 79.0 Å². The molecule has 0 atom stereocenters. The summed E-state index contributed by atoms with van der Waals surface area (Å²) in [4.78, 5) is 10.7. The molecule has 2 heterocycles. The van der Waals surface area contributed by atoms with Crippen LogP contribution in [0, 0.1) is 6.92 Å².